The molecule has 0 radical (unpaired) electrons. The molecule has 0 aliphatic carbocycles. The van der Waals surface area contributed by atoms with Gasteiger partial charge in [-0.2, -0.15) is 0 Å². The first-order chi connectivity index (χ1) is 7.93. The molecule has 17 heavy (non-hydrogen) atoms. The Labute approximate surface area is 100 Å². The molecule has 4 nitrogen and oxygen atoms in total. The highest BCUT2D eigenvalue weighted by Crippen LogP contribution is 2.34. The normalized spacial score (nSPS) is 12.2. The van der Waals surface area contributed by atoms with Gasteiger partial charge in [0, 0.05) is 0 Å². The zero-order chi connectivity index (χ0) is 13.2. The second-order valence-corrected chi connectivity index (χ2v) is 3.89. The Morgan fingerprint density at radius 1 is 1.65 bits per heavy atom. The lowest BCUT2D eigenvalue weighted by Gasteiger charge is -2.17. The largest absolute Gasteiger partial charge is 0.506 e. The summed E-state index contributed by atoms with van der Waals surface area (Å²) >= 11 is 0. The van der Waals surface area contributed by atoms with Gasteiger partial charge in [0.2, 0.25) is 0 Å². The number of rotatable bonds is 4. The summed E-state index contributed by atoms with van der Waals surface area (Å²) in [5.74, 6) is -0.552. The lowest BCUT2D eigenvalue weighted by atomic mass is 9.93. The van der Waals surface area contributed by atoms with Crippen LogP contribution in [0.1, 0.15) is 40.9 Å². The van der Waals surface area contributed by atoms with Gasteiger partial charge >= 0.3 is 0 Å². The highest BCUT2D eigenvalue weighted by atomic mass is 16.3. The maximum atomic E-state index is 11.7. The van der Waals surface area contributed by atoms with Crippen LogP contribution in [0.4, 0.5) is 5.69 Å². The summed E-state index contributed by atoms with van der Waals surface area (Å²) < 4.78 is 0. The molecule has 0 aliphatic heterocycles. The van der Waals surface area contributed by atoms with Gasteiger partial charge in [0.15, 0.2) is 5.78 Å². The van der Waals surface area contributed by atoms with Crippen LogP contribution in [-0.4, -0.2) is 16.0 Å². The SMILES string of the molecule is C=CC(=O)c1c(C)c(C(O)CC)cc(O)c1N. The Hall–Kier alpha value is -1.81. The van der Waals surface area contributed by atoms with Crippen LogP contribution in [0.15, 0.2) is 18.7 Å². The molecule has 0 amide bonds. The van der Waals surface area contributed by atoms with Crippen LogP contribution in [0.5, 0.6) is 5.75 Å². The van der Waals surface area contributed by atoms with Crippen molar-refractivity contribution in [2.75, 3.05) is 5.73 Å². The number of carbonyl (C=O) groups is 1. The van der Waals surface area contributed by atoms with E-state index in [1.54, 1.807) is 6.92 Å². The third kappa shape index (κ3) is 2.31. The van der Waals surface area contributed by atoms with Gasteiger partial charge in [-0.05, 0) is 36.6 Å². The third-order valence-electron chi connectivity index (χ3n) is 2.82. The molecule has 1 atom stereocenters. The quantitative estimate of drug-likeness (QED) is 0.323. The first-order valence-electron chi connectivity index (χ1n) is 5.40. The molecule has 0 fully saturated rings. The van der Waals surface area contributed by atoms with Crippen molar-refractivity contribution in [2.45, 2.75) is 26.4 Å². The molecule has 0 saturated carbocycles. The van der Waals surface area contributed by atoms with Gasteiger partial charge in [0.25, 0.3) is 0 Å². The van der Waals surface area contributed by atoms with E-state index in [0.717, 1.165) is 6.08 Å². The van der Waals surface area contributed by atoms with E-state index in [4.69, 9.17) is 5.73 Å². The summed E-state index contributed by atoms with van der Waals surface area (Å²) in [5.41, 5.74) is 7.01. The molecule has 1 rings (SSSR count). The molecule has 0 bridgehead atoms. The predicted octanol–water partition coefficient (Wildman–Crippen LogP) is 2.09. The van der Waals surface area contributed by atoms with Crippen molar-refractivity contribution in [2.24, 2.45) is 0 Å². The molecule has 92 valence electrons. The van der Waals surface area contributed by atoms with Crippen molar-refractivity contribution in [3.8, 4) is 5.75 Å². The third-order valence-corrected chi connectivity index (χ3v) is 2.82. The number of anilines is 1. The van der Waals surface area contributed by atoms with Crippen LogP contribution in [0.25, 0.3) is 0 Å². The number of phenolic OH excluding ortho intramolecular Hbond substituents is 1. The van der Waals surface area contributed by atoms with Gasteiger partial charge in [-0.1, -0.05) is 13.5 Å². The fourth-order valence-corrected chi connectivity index (χ4v) is 1.79. The molecular formula is C13H17NO3. The molecule has 0 aromatic heterocycles. The number of aliphatic hydroxyl groups is 1. The summed E-state index contributed by atoms with van der Waals surface area (Å²) in [6, 6.07) is 1.40. The average Bonchev–Trinajstić information content (AvgIpc) is 2.32. The summed E-state index contributed by atoms with van der Waals surface area (Å²) in [7, 11) is 0. The topological polar surface area (TPSA) is 83.5 Å². The van der Waals surface area contributed by atoms with Crippen molar-refractivity contribution in [3.63, 3.8) is 0 Å². The van der Waals surface area contributed by atoms with Gasteiger partial charge in [-0.15, -0.1) is 0 Å². The summed E-state index contributed by atoms with van der Waals surface area (Å²) in [6.45, 7) is 6.90. The minimum Gasteiger partial charge on any atom is -0.506 e. The van der Waals surface area contributed by atoms with E-state index in [1.807, 2.05) is 6.92 Å². The second kappa shape index (κ2) is 5.01. The number of nitrogens with two attached hydrogens (primary N) is 1. The van der Waals surface area contributed by atoms with E-state index in [2.05, 4.69) is 6.58 Å². The Balaban J connectivity index is 3.53. The van der Waals surface area contributed by atoms with Crippen LogP contribution in [0.2, 0.25) is 0 Å². The Bertz CT molecular complexity index is 466. The van der Waals surface area contributed by atoms with Crippen LogP contribution >= 0.6 is 0 Å². The van der Waals surface area contributed by atoms with E-state index in [1.165, 1.54) is 6.07 Å². The summed E-state index contributed by atoms with van der Waals surface area (Å²) in [5, 5.41) is 19.5. The van der Waals surface area contributed by atoms with Crippen LogP contribution in [0.3, 0.4) is 0 Å². The van der Waals surface area contributed by atoms with Crippen molar-refractivity contribution >= 4 is 11.5 Å². The Morgan fingerprint density at radius 2 is 2.24 bits per heavy atom. The van der Waals surface area contributed by atoms with E-state index < -0.39 is 6.10 Å². The molecule has 0 aliphatic rings. The van der Waals surface area contributed by atoms with Gasteiger partial charge in [0.1, 0.15) is 5.75 Å². The van der Waals surface area contributed by atoms with Gasteiger partial charge < -0.3 is 15.9 Å². The zero-order valence-electron chi connectivity index (χ0n) is 10.0. The van der Waals surface area contributed by atoms with E-state index in [0.29, 0.717) is 17.5 Å². The standard InChI is InChI=1S/C13H17NO3/c1-4-9(15)8-6-11(17)13(14)12(7(8)3)10(16)5-2/h5-6,9,15,17H,2,4,14H2,1,3H3. The zero-order valence-corrected chi connectivity index (χ0v) is 10.0. The molecule has 1 aromatic carbocycles. The molecule has 1 unspecified atom stereocenters. The predicted molar refractivity (Wildman–Crippen MR) is 67.0 cm³/mol. The molecule has 4 heteroatoms. The van der Waals surface area contributed by atoms with Crippen molar-refractivity contribution in [3.05, 3.63) is 35.4 Å². The smallest absolute Gasteiger partial charge is 0.187 e. The highest BCUT2D eigenvalue weighted by molar-refractivity contribution is 6.10. The number of hydrogen-bond donors (Lipinski definition) is 3. The first-order valence-corrected chi connectivity index (χ1v) is 5.40. The van der Waals surface area contributed by atoms with Crippen LogP contribution in [0, 0.1) is 6.92 Å². The fraction of sp³-hybridized carbons (Fsp3) is 0.308. The van der Waals surface area contributed by atoms with Crippen molar-refractivity contribution in [1.82, 2.24) is 0 Å². The number of ketones is 1. The number of benzene rings is 1. The molecule has 0 saturated heterocycles. The van der Waals surface area contributed by atoms with Crippen LogP contribution < -0.4 is 5.73 Å². The van der Waals surface area contributed by atoms with Crippen molar-refractivity contribution < 1.29 is 15.0 Å². The molecular weight excluding hydrogens is 218 g/mol. The fourth-order valence-electron chi connectivity index (χ4n) is 1.79. The maximum absolute atomic E-state index is 11.7. The van der Waals surface area contributed by atoms with Crippen molar-refractivity contribution in [1.29, 1.82) is 0 Å². The average molecular weight is 235 g/mol. The van der Waals surface area contributed by atoms with Crippen LogP contribution in [-0.2, 0) is 0 Å². The monoisotopic (exact) mass is 235 g/mol. The van der Waals surface area contributed by atoms with E-state index in [9.17, 15) is 15.0 Å². The lowest BCUT2D eigenvalue weighted by molar-refractivity contribution is 0.104. The number of aromatic hydroxyl groups is 1. The lowest BCUT2D eigenvalue weighted by Crippen LogP contribution is -2.09. The summed E-state index contributed by atoms with van der Waals surface area (Å²) in [4.78, 5) is 11.7. The number of hydrogen-bond acceptors (Lipinski definition) is 4. The number of aliphatic hydroxyl groups excluding tert-OH is 1. The molecule has 4 N–H and O–H groups in total. The molecule has 0 spiro atoms. The minimum atomic E-state index is -0.724. The second-order valence-electron chi connectivity index (χ2n) is 3.89. The number of allylic oxidation sites excluding steroid dienone is 1. The first kappa shape index (κ1) is 13.3. The number of nitrogen functional groups attached to an aromatic ring is 1. The number of carbonyl (C=O) groups excluding carboxylic acids is 1. The summed E-state index contributed by atoms with van der Waals surface area (Å²) in [6.07, 6.45) is 0.907. The van der Waals surface area contributed by atoms with E-state index >= 15 is 0 Å². The highest BCUT2D eigenvalue weighted by Gasteiger charge is 2.20. The molecule has 0 heterocycles. The van der Waals surface area contributed by atoms with Gasteiger partial charge in [-0.3, -0.25) is 4.79 Å². The Kier molecular flexibility index (Phi) is 3.91. The van der Waals surface area contributed by atoms with E-state index in [-0.39, 0.29) is 22.8 Å². The molecule has 1 aromatic rings. The maximum Gasteiger partial charge on any atom is 0.187 e. The Morgan fingerprint density at radius 3 is 2.71 bits per heavy atom. The minimum absolute atomic E-state index is 0.0273. The van der Waals surface area contributed by atoms with Gasteiger partial charge in [0.05, 0.1) is 17.4 Å². The van der Waals surface area contributed by atoms with Gasteiger partial charge in [-0.25, -0.2) is 0 Å². The number of phenols is 1.